The summed E-state index contributed by atoms with van der Waals surface area (Å²) in [5, 5.41) is 6.81. The monoisotopic (exact) mass is 389 g/mol. The number of anilines is 2. The number of ether oxygens (including phenoxy) is 1. The number of carbonyl (C=O) groups is 2. The van der Waals surface area contributed by atoms with E-state index < -0.39 is 5.97 Å². The summed E-state index contributed by atoms with van der Waals surface area (Å²) < 4.78 is 5.29. The van der Waals surface area contributed by atoms with Crippen LogP contribution in [0.2, 0.25) is 0 Å². The van der Waals surface area contributed by atoms with E-state index in [4.69, 9.17) is 4.74 Å². The summed E-state index contributed by atoms with van der Waals surface area (Å²) in [7, 11) is 0. The summed E-state index contributed by atoms with van der Waals surface area (Å²) in [6, 6.07) is 17.4. The van der Waals surface area contributed by atoms with Gasteiger partial charge in [-0.2, -0.15) is 5.10 Å². The Morgan fingerprint density at radius 3 is 2.28 bits per heavy atom. The second-order valence-electron chi connectivity index (χ2n) is 7.09. The van der Waals surface area contributed by atoms with Crippen LogP contribution >= 0.6 is 0 Å². The van der Waals surface area contributed by atoms with Gasteiger partial charge in [0.15, 0.2) is 12.3 Å². The number of H-pyrrole nitrogens is 1. The van der Waals surface area contributed by atoms with Gasteiger partial charge in [-0.3, -0.25) is 14.8 Å². The lowest BCUT2D eigenvalue weighted by atomic mass is 10.0. The molecule has 2 heterocycles. The number of nitrogens with zero attached hydrogens (tertiary/aromatic N) is 2. The van der Waals surface area contributed by atoms with Crippen LogP contribution in [0.15, 0.2) is 54.6 Å². The van der Waals surface area contributed by atoms with Crippen molar-refractivity contribution < 1.29 is 14.3 Å². The molecular formula is C23H23N3O3. The van der Waals surface area contributed by atoms with Crippen LogP contribution in [0.5, 0.6) is 0 Å². The number of fused-ring (bicyclic) bond motifs is 2. The number of hydrogen-bond donors (Lipinski definition) is 1. The largest absolute Gasteiger partial charge is 0.451 e. The number of aromatic nitrogens is 2. The number of rotatable bonds is 5. The number of aromatic amines is 1. The number of nitrogens with one attached hydrogen (secondary N) is 1. The molecular weight excluding hydrogens is 366 g/mol. The topological polar surface area (TPSA) is 75.3 Å². The Bertz CT molecular complexity index is 994. The second kappa shape index (κ2) is 8.31. The van der Waals surface area contributed by atoms with Crippen LogP contribution in [-0.4, -0.2) is 28.7 Å². The number of para-hydroxylation sites is 2. The summed E-state index contributed by atoms with van der Waals surface area (Å²) in [5.41, 5.74) is 4.94. The highest BCUT2D eigenvalue weighted by atomic mass is 16.5. The van der Waals surface area contributed by atoms with Crippen molar-refractivity contribution in [1.29, 1.82) is 0 Å². The molecule has 4 rings (SSSR count). The molecule has 6 heteroatoms. The zero-order valence-corrected chi connectivity index (χ0v) is 16.4. The normalized spacial score (nSPS) is 12.7. The van der Waals surface area contributed by atoms with Crippen LogP contribution in [0.3, 0.4) is 0 Å². The molecule has 0 spiro atoms. The van der Waals surface area contributed by atoms with Gasteiger partial charge in [0.25, 0.3) is 5.91 Å². The lowest BCUT2D eigenvalue weighted by Gasteiger charge is -2.24. The van der Waals surface area contributed by atoms with Crippen LogP contribution in [0.4, 0.5) is 11.4 Å². The molecule has 0 aliphatic carbocycles. The molecule has 0 unspecified atom stereocenters. The van der Waals surface area contributed by atoms with Crippen LogP contribution in [0.25, 0.3) is 0 Å². The van der Waals surface area contributed by atoms with Gasteiger partial charge in [0.1, 0.15) is 0 Å². The van der Waals surface area contributed by atoms with Crippen molar-refractivity contribution in [2.45, 2.75) is 32.6 Å². The summed E-state index contributed by atoms with van der Waals surface area (Å²) in [6.45, 7) is 1.70. The fraction of sp³-hybridized carbons (Fsp3) is 0.261. The predicted molar refractivity (Wildman–Crippen MR) is 110 cm³/mol. The smallest absolute Gasteiger partial charge is 0.359 e. The molecule has 1 amide bonds. The van der Waals surface area contributed by atoms with Gasteiger partial charge >= 0.3 is 5.97 Å². The molecule has 0 saturated heterocycles. The summed E-state index contributed by atoms with van der Waals surface area (Å²) in [4.78, 5) is 27.1. The average molecular weight is 389 g/mol. The molecule has 29 heavy (non-hydrogen) atoms. The van der Waals surface area contributed by atoms with E-state index >= 15 is 0 Å². The molecule has 1 aliphatic heterocycles. The van der Waals surface area contributed by atoms with Crippen LogP contribution in [0, 0.1) is 0 Å². The third kappa shape index (κ3) is 3.92. The Balaban J connectivity index is 1.55. The maximum atomic E-state index is 13.1. The molecule has 1 aliphatic rings. The molecule has 148 valence electrons. The van der Waals surface area contributed by atoms with Crippen molar-refractivity contribution in [2.75, 3.05) is 11.5 Å². The summed E-state index contributed by atoms with van der Waals surface area (Å²) in [5.74, 6) is -0.891. The average Bonchev–Trinajstić information content (AvgIpc) is 3.14. The molecule has 2 aromatic carbocycles. The maximum Gasteiger partial charge on any atom is 0.359 e. The van der Waals surface area contributed by atoms with E-state index in [-0.39, 0.29) is 18.2 Å². The first-order valence-corrected chi connectivity index (χ1v) is 9.87. The number of benzene rings is 2. The number of esters is 1. The second-order valence-corrected chi connectivity index (χ2v) is 7.09. The van der Waals surface area contributed by atoms with Crippen molar-refractivity contribution >= 4 is 23.3 Å². The highest BCUT2D eigenvalue weighted by molar-refractivity contribution is 6.04. The summed E-state index contributed by atoms with van der Waals surface area (Å²) >= 11 is 0. The molecule has 0 saturated carbocycles. The van der Waals surface area contributed by atoms with Crippen molar-refractivity contribution in [2.24, 2.45) is 0 Å². The Hall–Kier alpha value is -3.41. The van der Waals surface area contributed by atoms with E-state index in [1.54, 1.807) is 11.0 Å². The highest BCUT2D eigenvalue weighted by Gasteiger charge is 2.26. The van der Waals surface area contributed by atoms with E-state index in [0.717, 1.165) is 53.9 Å². The van der Waals surface area contributed by atoms with E-state index in [2.05, 4.69) is 10.2 Å². The molecule has 6 nitrogen and oxygen atoms in total. The first-order chi connectivity index (χ1) is 14.2. The number of amides is 1. The van der Waals surface area contributed by atoms with Gasteiger partial charge in [0, 0.05) is 5.69 Å². The zero-order valence-electron chi connectivity index (χ0n) is 16.4. The fourth-order valence-electron chi connectivity index (χ4n) is 3.68. The predicted octanol–water partition coefficient (Wildman–Crippen LogP) is 3.98. The van der Waals surface area contributed by atoms with E-state index in [0.29, 0.717) is 0 Å². The van der Waals surface area contributed by atoms with Gasteiger partial charge in [-0.15, -0.1) is 0 Å². The minimum absolute atomic E-state index is 0.193. The van der Waals surface area contributed by atoms with Crippen LogP contribution < -0.4 is 4.90 Å². The van der Waals surface area contributed by atoms with E-state index in [9.17, 15) is 9.59 Å². The van der Waals surface area contributed by atoms with Crippen LogP contribution in [0.1, 0.15) is 40.7 Å². The molecule has 1 N–H and O–H groups in total. The standard InChI is InChI=1S/C23H23N3O3/c1-2-7-18-14-19(25-24-18)23(28)29-15-22(27)26-20-10-5-3-8-16(20)12-13-17-9-4-6-11-21(17)26/h3-6,8-11,14H,2,7,12-13,15H2,1H3,(H,24,25). The lowest BCUT2D eigenvalue weighted by molar-refractivity contribution is -0.121. The molecule has 0 atom stereocenters. The number of carbonyl (C=O) groups excluding carboxylic acids is 2. The molecule has 0 radical (unpaired) electrons. The minimum atomic E-state index is -0.603. The van der Waals surface area contributed by atoms with E-state index in [1.807, 2.05) is 55.5 Å². The minimum Gasteiger partial charge on any atom is -0.451 e. The van der Waals surface area contributed by atoms with Gasteiger partial charge in [-0.25, -0.2) is 4.79 Å². The molecule has 3 aromatic rings. The van der Waals surface area contributed by atoms with Crippen molar-refractivity contribution in [1.82, 2.24) is 10.2 Å². The Labute approximate surface area is 169 Å². The summed E-state index contributed by atoms with van der Waals surface area (Å²) in [6.07, 6.45) is 3.46. The highest BCUT2D eigenvalue weighted by Crippen LogP contribution is 2.35. The first-order valence-electron chi connectivity index (χ1n) is 9.87. The zero-order chi connectivity index (χ0) is 20.2. The molecule has 0 bridgehead atoms. The molecule has 1 aromatic heterocycles. The number of hydrogen-bond acceptors (Lipinski definition) is 4. The lowest BCUT2D eigenvalue weighted by Crippen LogP contribution is -2.31. The van der Waals surface area contributed by atoms with Gasteiger partial charge in [0.05, 0.1) is 11.4 Å². The van der Waals surface area contributed by atoms with Gasteiger partial charge in [0.2, 0.25) is 0 Å². The van der Waals surface area contributed by atoms with Crippen molar-refractivity contribution in [3.05, 3.63) is 77.1 Å². The Morgan fingerprint density at radius 2 is 1.66 bits per heavy atom. The molecule has 0 fully saturated rings. The fourth-order valence-corrected chi connectivity index (χ4v) is 3.68. The third-order valence-corrected chi connectivity index (χ3v) is 5.06. The number of aryl methyl sites for hydroxylation is 3. The van der Waals surface area contributed by atoms with Gasteiger partial charge in [-0.1, -0.05) is 49.7 Å². The van der Waals surface area contributed by atoms with Crippen LogP contribution in [-0.2, 0) is 28.8 Å². The Morgan fingerprint density at radius 1 is 1.03 bits per heavy atom. The quantitative estimate of drug-likeness (QED) is 0.670. The van der Waals surface area contributed by atoms with E-state index in [1.165, 1.54) is 0 Å². The first kappa shape index (κ1) is 18.9. The van der Waals surface area contributed by atoms with Gasteiger partial charge < -0.3 is 4.74 Å². The van der Waals surface area contributed by atoms with Crippen molar-refractivity contribution in [3.8, 4) is 0 Å². The SMILES string of the molecule is CCCc1cc(C(=O)OCC(=O)N2c3ccccc3CCc3ccccc32)n[nH]1. The van der Waals surface area contributed by atoms with Crippen molar-refractivity contribution in [3.63, 3.8) is 0 Å². The maximum absolute atomic E-state index is 13.1. The Kier molecular flexibility index (Phi) is 5.42. The van der Waals surface area contributed by atoms with Gasteiger partial charge in [-0.05, 0) is 48.6 Å². The third-order valence-electron chi connectivity index (χ3n) is 5.06.